The molecule has 1 aromatic carbocycles. The Morgan fingerprint density at radius 3 is 2.00 bits per heavy atom. The number of carboxylic acid groups (broad SMARTS) is 1. The number of rotatable bonds is 7. The van der Waals surface area contributed by atoms with Crippen molar-refractivity contribution in [2.24, 2.45) is 5.92 Å². The second-order valence-electron chi connectivity index (χ2n) is 6.04. The molecule has 0 aliphatic rings. The molecule has 0 saturated heterocycles. The number of carbonyl (C=O) groups excluding carboxylic acids is 1. The molecule has 1 rings (SSSR count). The van der Waals surface area contributed by atoms with E-state index >= 15 is 0 Å². The van der Waals surface area contributed by atoms with Gasteiger partial charge in [-0.2, -0.15) is 0 Å². The average molecular weight is 341 g/mol. The highest BCUT2D eigenvalue weighted by Crippen LogP contribution is 2.16. The molecular formula is C16H23NO5S. The molecule has 0 aliphatic carbocycles. The summed E-state index contributed by atoms with van der Waals surface area (Å²) in [4.78, 5) is 23.2. The van der Waals surface area contributed by atoms with E-state index < -0.39 is 33.0 Å². The van der Waals surface area contributed by atoms with Crippen LogP contribution in [0.3, 0.4) is 0 Å². The third-order valence-corrected chi connectivity index (χ3v) is 5.66. The second kappa shape index (κ2) is 7.59. The molecule has 0 fully saturated rings. The standard InChI is InChI=1S/C16H23NO5S/c1-10(2)15(16(19)20)17-14(18)9-12-5-7-13(8-6-12)23(21,22)11(3)4/h5-8,10-11,15H,9H2,1-4H3,(H,17,18)(H,19,20). The Hall–Kier alpha value is -1.89. The molecule has 23 heavy (non-hydrogen) atoms. The third-order valence-electron chi connectivity index (χ3n) is 3.49. The summed E-state index contributed by atoms with van der Waals surface area (Å²) in [5, 5.41) is 11.0. The smallest absolute Gasteiger partial charge is 0.326 e. The topological polar surface area (TPSA) is 101 Å². The van der Waals surface area contributed by atoms with Crippen molar-refractivity contribution < 1.29 is 23.1 Å². The molecule has 0 radical (unpaired) electrons. The number of hydrogen-bond acceptors (Lipinski definition) is 4. The van der Waals surface area contributed by atoms with E-state index in [4.69, 9.17) is 5.11 Å². The molecule has 128 valence electrons. The Morgan fingerprint density at radius 1 is 1.09 bits per heavy atom. The molecule has 1 unspecified atom stereocenters. The van der Waals surface area contributed by atoms with Crippen LogP contribution in [-0.4, -0.2) is 36.7 Å². The van der Waals surface area contributed by atoms with Crippen molar-refractivity contribution in [3.05, 3.63) is 29.8 Å². The molecular weight excluding hydrogens is 318 g/mol. The lowest BCUT2D eigenvalue weighted by molar-refractivity contribution is -0.143. The van der Waals surface area contributed by atoms with E-state index in [1.165, 1.54) is 12.1 Å². The summed E-state index contributed by atoms with van der Waals surface area (Å²) in [6.07, 6.45) is -0.00148. The van der Waals surface area contributed by atoms with Gasteiger partial charge in [-0.05, 0) is 37.5 Å². The van der Waals surface area contributed by atoms with Crippen molar-refractivity contribution in [1.82, 2.24) is 5.32 Å². The van der Waals surface area contributed by atoms with Gasteiger partial charge < -0.3 is 10.4 Å². The molecule has 0 aromatic heterocycles. The number of carbonyl (C=O) groups is 2. The van der Waals surface area contributed by atoms with E-state index in [9.17, 15) is 18.0 Å². The quantitative estimate of drug-likeness (QED) is 0.785. The van der Waals surface area contributed by atoms with Crippen LogP contribution >= 0.6 is 0 Å². The third kappa shape index (κ3) is 5.06. The van der Waals surface area contributed by atoms with Gasteiger partial charge in [0.05, 0.1) is 16.6 Å². The van der Waals surface area contributed by atoms with Gasteiger partial charge in [-0.15, -0.1) is 0 Å². The predicted molar refractivity (Wildman–Crippen MR) is 86.9 cm³/mol. The molecule has 1 amide bonds. The first kappa shape index (κ1) is 19.2. The van der Waals surface area contributed by atoms with Gasteiger partial charge in [0.15, 0.2) is 9.84 Å². The van der Waals surface area contributed by atoms with Gasteiger partial charge in [0, 0.05) is 0 Å². The highest BCUT2D eigenvalue weighted by Gasteiger charge is 2.23. The van der Waals surface area contributed by atoms with Crippen molar-refractivity contribution in [2.75, 3.05) is 0 Å². The van der Waals surface area contributed by atoms with Crippen molar-refractivity contribution >= 4 is 21.7 Å². The van der Waals surface area contributed by atoms with Gasteiger partial charge in [0.1, 0.15) is 6.04 Å². The minimum Gasteiger partial charge on any atom is -0.480 e. The number of sulfone groups is 1. The van der Waals surface area contributed by atoms with Gasteiger partial charge in [-0.25, -0.2) is 13.2 Å². The number of benzene rings is 1. The summed E-state index contributed by atoms with van der Waals surface area (Å²) >= 11 is 0. The van der Waals surface area contributed by atoms with E-state index in [1.807, 2.05) is 0 Å². The summed E-state index contributed by atoms with van der Waals surface area (Å²) in [5.41, 5.74) is 0.623. The lowest BCUT2D eigenvalue weighted by Crippen LogP contribution is -2.44. The lowest BCUT2D eigenvalue weighted by atomic mass is 10.0. The maximum absolute atomic E-state index is 12.0. The molecule has 1 aromatic rings. The van der Waals surface area contributed by atoms with Gasteiger partial charge in [-0.3, -0.25) is 4.79 Å². The molecule has 6 nitrogen and oxygen atoms in total. The zero-order valence-corrected chi connectivity index (χ0v) is 14.6. The van der Waals surface area contributed by atoms with Crippen LogP contribution in [0.2, 0.25) is 0 Å². The van der Waals surface area contributed by atoms with Crippen LogP contribution in [0, 0.1) is 5.92 Å². The Morgan fingerprint density at radius 2 is 1.61 bits per heavy atom. The molecule has 0 spiro atoms. The van der Waals surface area contributed by atoms with Crippen LogP contribution in [0.15, 0.2) is 29.2 Å². The van der Waals surface area contributed by atoms with Gasteiger partial charge >= 0.3 is 5.97 Å². The molecule has 2 N–H and O–H groups in total. The van der Waals surface area contributed by atoms with Crippen molar-refractivity contribution in [3.63, 3.8) is 0 Å². The summed E-state index contributed by atoms with van der Waals surface area (Å²) < 4.78 is 24.0. The fourth-order valence-corrected chi connectivity index (χ4v) is 3.05. The fraction of sp³-hybridized carbons (Fsp3) is 0.500. The monoisotopic (exact) mass is 341 g/mol. The molecule has 1 atom stereocenters. The Bertz CT molecular complexity index is 662. The Balaban J connectivity index is 2.79. The van der Waals surface area contributed by atoms with Crippen molar-refractivity contribution in [1.29, 1.82) is 0 Å². The van der Waals surface area contributed by atoms with Gasteiger partial charge in [-0.1, -0.05) is 26.0 Å². The lowest BCUT2D eigenvalue weighted by Gasteiger charge is -2.17. The van der Waals surface area contributed by atoms with E-state index in [-0.39, 0.29) is 17.2 Å². The van der Waals surface area contributed by atoms with E-state index in [0.29, 0.717) is 5.56 Å². The minimum absolute atomic E-state index is 0.00148. The predicted octanol–water partition coefficient (Wildman–Crippen LogP) is 1.64. The number of hydrogen-bond donors (Lipinski definition) is 2. The maximum Gasteiger partial charge on any atom is 0.326 e. The summed E-state index contributed by atoms with van der Waals surface area (Å²) in [7, 11) is -3.34. The fourth-order valence-electron chi connectivity index (χ4n) is 1.99. The van der Waals surface area contributed by atoms with Crippen LogP contribution in [-0.2, 0) is 25.8 Å². The van der Waals surface area contributed by atoms with Crippen LogP contribution in [0.4, 0.5) is 0 Å². The van der Waals surface area contributed by atoms with Crippen LogP contribution < -0.4 is 5.32 Å². The Labute approximate surface area is 136 Å². The minimum atomic E-state index is -3.34. The van der Waals surface area contributed by atoms with Gasteiger partial charge in [0.2, 0.25) is 5.91 Å². The van der Waals surface area contributed by atoms with E-state index in [1.54, 1.807) is 39.8 Å². The number of nitrogens with one attached hydrogen (secondary N) is 1. The first-order valence-electron chi connectivity index (χ1n) is 7.40. The normalized spacial score (nSPS) is 13.1. The number of amides is 1. The van der Waals surface area contributed by atoms with Crippen LogP contribution in [0.5, 0.6) is 0 Å². The largest absolute Gasteiger partial charge is 0.480 e. The molecule has 0 heterocycles. The van der Waals surface area contributed by atoms with Crippen molar-refractivity contribution in [3.8, 4) is 0 Å². The number of aliphatic carboxylic acids is 1. The summed E-state index contributed by atoms with van der Waals surface area (Å²) in [6.45, 7) is 6.64. The zero-order chi connectivity index (χ0) is 17.8. The molecule has 0 aliphatic heterocycles. The SMILES string of the molecule is CC(C)C(NC(=O)Cc1ccc(S(=O)(=O)C(C)C)cc1)C(=O)O. The summed E-state index contributed by atoms with van der Waals surface area (Å²) in [5.74, 6) is -1.72. The zero-order valence-electron chi connectivity index (χ0n) is 13.7. The second-order valence-corrected chi connectivity index (χ2v) is 8.55. The highest BCUT2D eigenvalue weighted by molar-refractivity contribution is 7.92. The highest BCUT2D eigenvalue weighted by atomic mass is 32.2. The molecule has 7 heteroatoms. The molecule has 0 saturated carbocycles. The van der Waals surface area contributed by atoms with Crippen LogP contribution in [0.1, 0.15) is 33.3 Å². The van der Waals surface area contributed by atoms with E-state index in [0.717, 1.165) is 0 Å². The van der Waals surface area contributed by atoms with Gasteiger partial charge in [0.25, 0.3) is 0 Å². The summed E-state index contributed by atoms with van der Waals surface area (Å²) in [6, 6.07) is 5.13. The van der Waals surface area contributed by atoms with Crippen molar-refractivity contribution in [2.45, 2.75) is 50.3 Å². The average Bonchev–Trinajstić information content (AvgIpc) is 2.44. The Kier molecular flexibility index (Phi) is 6.32. The van der Waals surface area contributed by atoms with Crippen LogP contribution in [0.25, 0.3) is 0 Å². The number of carboxylic acids is 1. The molecule has 0 bridgehead atoms. The van der Waals surface area contributed by atoms with E-state index in [2.05, 4.69) is 5.32 Å². The maximum atomic E-state index is 12.0. The first-order valence-corrected chi connectivity index (χ1v) is 8.95. The first-order chi connectivity index (χ1) is 10.6.